The van der Waals surface area contributed by atoms with Gasteiger partial charge in [-0.2, -0.15) is 0 Å². The molecule has 5 aromatic rings. The standard InChI is InChI=1S/C20H12BO2S/c22-21-23-16-11-18-20(15-8-4-3-7-14(15)16)19-13-6-2-1-5-12(13)9-10-17(19)24-18/h1-11,22H. The van der Waals surface area contributed by atoms with Gasteiger partial charge < -0.3 is 9.68 Å². The summed E-state index contributed by atoms with van der Waals surface area (Å²) in [5.41, 5.74) is 0. The van der Waals surface area contributed by atoms with Gasteiger partial charge in [0, 0.05) is 25.6 Å². The molecule has 1 radical (unpaired) electrons. The van der Waals surface area contributed by atoms with Crippen LogP contribution in [0.3, 0.4) is 0 Å². The molecule has 113 valence electrons. The molecule has 24 heavy (non-hydrogen) atoms. The maximum Gasteiger partial charge on any atom is 0.569 e. The minimum absolute atomic E-state index is 0.677. The Kier molecular flexibility index (Phi) is 3.02. The first-order valence-corrected chi connectivity index (χ1v) is 8.57. The summed E-state index contributed by atoms with van der Waals surface area (Å²) in [5, 5.41) is 16.3. The molecule has 1 aromatic heterocycles. The van der Waals surface area contributed by atoms with Crippen molar-refractivity contribution in [2.24, 2.45) is 0 Å². The second kappa shape index (κ2) is 5.23. The summed E-state index contributed by atoms with van der Waals surface area (Å²) in [5.74, 6) is 0.677. The summed E-state index contributed by atoms with van der Waals surface area (Å²) < 4.78 is 7.77. The van der Waals surface area contributed by atoms with Gasteiger partial charge in [0.05, 0.1) is 0 Å². The van der Waals surface area contributed by atoms with Crippen LogP contribution >= 0.6 is 11.3 Å². The van der Waals surface area contributed by atoms with E-state index in [0.717, 1.165) is 23.2 Å². The zero-order chi connectivity index (χ0) is 16.1. The molecule has 0 aliphatic carbocycles. The van der Waals surface area contributed by atoms with Crippen molar-refractivity contribution in [3.8, 4) is 5.75 Å². The molecule has 1 N–H and O–H groups in total. The van der Waals surface area contributed by atoms with Gasteiger partial charge in [-0.25, -0.2) is 0 Å². The first-order chi connectivity index (χ1) is 11.9. The molecule has 5 rings (SSSR count). The van der Waals surface area contributed by atoms with Gasteiger partial charge in [-0.1, -0.05) is 54.6 Å². The zero-order valence-corrected chi connectivity index (χ0v) is 13.5. The predicted molar refractivity (Wildman–Crippen MR) is 103 cm³/mol. The first-order valence-electron chi connectivity index (χ1n) is 7.75. The van der Waals surface area contributed by atoms with Gasteiger partial charge in [0.15, 0.2) is 0 Å². The highest BCUT2D eigenvalue weighted by molar-refractivity contribution is 7.26. The average molecular weight is 327 g/mol. The van der Waals surface area contributed by atoms with Gasteiger partial charge in [0.2, 0.25) is 0 Å². The normalized spacial score (nSPS) is 11.5. The Labute approximate surface area is 143 Å². The van der Waals surface area contributed by atoms with Crippen LogP contribution in [0.4, 0.5) is 0 Å². The Bertz CT molecular complexity index is 1230. The van der Waals surface area contributed by atoms with Crippen molar-refractivity contribution < 1.29 is 9.68 Å². The Morgan fingerprint density at radius 2 is 1.46 bits per heavy atom. The monoisotopic (exact) mass is 327 g/mol. The molecule has 0 unspecified atom stereocenters. The van der Waals surface area contributed by atoms with E-state index in [1.54, 1.807) is 11.3 Å². The van der Waals surface area contributed by atoms with Crippen LogP contribution in [0.2, 0.25) is 0 Å². The zero-order valence-electron chi connectivity index (χ0n) is 12.7. The van der Waals surface area contributed by atoms with Crippen molar-refractivity contribution in [2.45, 2.75) is 0 Å². The van der Waals surface area contributed by atoms with E-state index in [0.29, 0.717) is 5.75 Å². The van der Waals surface area contributed by atoms with Crippen LogP contribution in [0.5, 0.6) is 5.75 Å². The Balaban J connectivity index is 2.07. The Morgan fingerprint density at radius 3 is 2.29 bits per heavy atom. The van der Waals surface area contributed by atoms with E-state index in [9.17, 15) is 0 Å². The highest BCUT2D eigenvalue weighted by Crippen LogP contribution is 2.44. The second-order valence-electron chi connectivity index (χ2n) is 5.78. The molecule has 0 fully saturated rings. The summed E-state index contributed by atoms with van der Waals surface area (Å²) >= 11 is 1.76. The molecular formula is C20H12BO2S. The topological polar surface area (TPSA) is 29.5 Å². The summed E-state index contributed by atoms with van der Waals surface area (Å²) in [7, 11) is 0.746. The van der Waals surface area contributed by atoms with Gasteiger partial charge in [0.1, 0.15) is 5.75 Å². The van der Waals surface area contributed by atoms with E-state index >= 15 is 0 Å². The summed E-state index contributed by atoms with van der Waals surface area (Å²) in [6.07, 6.45) is 0. The van der Waals surface area contributed by atoms with Crippen LogP contribution < -0.4 is 4.65 Å². The number of rotatable bonds is 2. The van der Waals surface area contributed by atoms with E-state index in [1.165, 1.54) is 26.2 Å². The Morgan fingerprint density at radius 1 is 0.750 bits per heavy atom. The molecule has 0 saturated carbocycles. The maximum atomic E-state index is 9.09. The van der Waals surface area contributed by atoms with Crippen LogP contribution in [0.25, 0.3) is 41.7 Å². The van der Waals surface area contributed by atoms with E-state index in [1.807, 2.05) is 24.3 Å². The van der Waals surface area contributed by atoms with Crippen LogP contribution in [-0.2, 0) is 0 Å². The lowest BCUT2D eigenvalue weighted by Crippen LogP contribution is -2.00. The molecule has 0 spiro atoms. The third kappa shape index (κ3) is 1.87. The molecule has 0 amide bonds. The average Bonchev–Trinajstić information content (AvgIpc) is 3.01. The lowest BCUT2D eigenvalue weighted by molar-refractivity contribution is 0.457. The predicted octanol–water partition coefficient (Wildman–Crippen LogP) is 5.27. The molecule has 0 aliphatic heterocycles. The molecule has 0 saturated heterocycles. The van der Waals surface area contributed by atoms with Crippen molar-refractivity contribution in [2.75, 3.05) is 0 Å². The van der Waals surface area contributed by atoms with Crippen molar-refractivity contribution in [3.63, 3.8) is 0 Å². The molecule has 0 atom stereocenters. The van der Waals surface area contributed by atoms with E-state index in [4.69, 9.17) is 9.68 Å². The highest BCUT2D eigenvalue weighted by Gasteiger charge is 2.14. The second-order valence-corrected chi connectivity index (χ2v) is 6.86. The summed E-state index contributed by atoms with van der Waals surface area (Å²) in [6, 6.07) is 23.1. The first kappa shape index (κ1) is 13.8. The third-order valence-corrected chi connectivity index (χ3v) is 5.61. The molecule has 0 bridgehead atoms. The fraction of sp³-hybridized carbons (Fsp3) is 0. The Hall–Kier alpha value is -2.56. The van der Waals surface area contributed by atoms with E-state index in [2.05, 4.69) is 42.5 Å². The highest BCUT2D eigenvalue weighted by atomic mass is 32.1. The quantitative estimate of drug-likeness (QED) is 0.448. The van der Waals surface area contributed by atoms with Crippen molar-refractivity contribution in [3.05, 3.63) is 66.7 Å². The molecule has 4 aromatic carbocycles. The molecular weight excluding hydrogens is 315 g/mol. The van der Waals surface area contributed by atoms with Gasteiger partial charge in [-0.3, -0.25) is 0 Å². The van der Waals surface area contributed by atoms with Gasteiger partial charge >= 0.3 is 7.69 Å². The lowest BCUT2D eigenvalue weighted by atomic mass is 9.99. The number of benzene rings is 4. The summed E-state index contributed by atoms with van der Waals surface area (Å²) in [4.78, 5) is 0. The minimum atomic E-state index is 0.677. The number of thiophene rings is 1. The van der Waals surface area contributed by atoms with Crippen LogP contribution in [0.15, 0.2) is 66.7 Å². The van der Waals surface area contributed by atoms with Crippen molar-refractivity contribution >= 4 is 60.7 Å². The molecule has 0 aliphatic rings. The maximum absolute atomic E-state index is 9.09. The SMILES string of the molecule is O[B]Oc1cc2sc3ccc4ccccc4c3c2c2ccccc12. The van der Waals surface area contributed by atoms with Crippen molar-refractivity contribution in [1.29, 1.82) is 0 Å². The van der Waals surface area contributed by atoms with Gasteiger partial charge in [0.25, 0.3) is 0 Å². The fourth-order valence-electron chi connectivity index (χ4n) is 3.52. The number of fused-ring (bicyclic) bond motifs is 7. The molecule has 4 heteroatoms. The number of hydrogen-bond acceptors (Lipinski definition) is 3. The lowest BCUT2D eigenvalue weighted by Gasteiger charge is -2.09. The van der Waals surface area contributed by atoms with Crippen LogP contribution in [-0.4, -0.2) is 12.7 Å². The number of hydrogen-bond donors (Lipinski definition) is 1. The molecule has 2 nitrogen and oxygen atoms in total. The van der Waals surface area contributed by atoms with Gasteiger partial charge in [-0.15, -0.1) is 11.3 Å². The van der Waals surface area contributed by atoms with Crippen molar-refractivity contribution in [1.82, 2.24) is 0 Å². The van der Waals surface area contributed by atoms with Crippen LogP contribution in [0, 0.1) is 0 Å². The largest absolute Gasteiger partial charge is 0.569 e. The fourth-order valence-corrected chi connectivity index (χ4v) is 4.69. The van der Waals surface area contributed by atoms with Crippen LogP contribution in [0.1, 0.15) is 0 Å². The summed E-state index contributed by atoms with van der Waals surface area (Å²) in [6.45, 7) is 0. The third-order valence-electron chi connectivity index (χ3n) is 4.51. The van der Waals surface area contributed by atoms with E-state index in [-0.39, 0.29) is 0 Å². The van der Waals surface area contributed by atoms with Gasteiger partial charge in [-0.05, 0) is 28.3 Å². The smallest absolute Gasteiger partial charge is 0.537 e. The molecule has 1 heterocycles. The van der Waals surface area contributed by atoms with E-state index < -0.39 is 0 Å². The minimum Gasteiger partial charge on any atom is -0.537 e.